The fourth-order valence-corrected chi connectivity index (χ4v) is 4.63. The first-order valence-electron chi connectivity index (χ1n) is 12.4. The van der Waals surface area contributed by atoms with Crippen LogP contribution in [-0.2, 0) is 24.9 Å². The van der Waals surface area contributed by atoms with E-state index in [0.717, 1.165) is 38.4 Å². The molecule has 0 amide bonds. The van der Waals surface area contributed by atoms with Crippen LogP contribution in [0.3, 0.4) is 0 Å². The molecule has 0 unspecified atom stereocenters. The number of aryl methyl sites for hydroxylation is 1. The summed E-state index contributed by atoms with van der Waals surface area (Å²) in [5, 5.41) is 12.8. The van der Waals surface area contributed by atoms with E-state index < -0.39 is 0 Å². The minimum absolute atomic E-state index is 0. The van der Waals surface area contributed by atoms with Gasteiger partial charge in [-0.25, -0.2) is 0 Å². The average molecular weight is 688 g/mol. The minimum Gasteiger partial charge on any atom is -0.512 e. The van der Waals surface area contributed by atoms with Gasteiger partial charge in [0, 0.05) is 37.9 Å². The third-order valence-corrected chi connectivity index (χ3v) is 6.26. The molecule has 195 valence electrons. The number of aliphatic hydroxyl groups excluding tert-OH is 1. The summed E-state index contributed by atoms with van der Waals surface area (Å²) in [6, 6.07) is 35.4. The number of nitrogens with zero attached hydrogens (tertiary/aromatic N) is 2. The Morgan fingerprint density at radius 2 is 1.38 bits per heavy atom. The van der Waals surface area contributed by atoms with Crippen molar-refractivity contribution in [2.75, 3.05) is 0 Å². The first-order valence-corrected chi connectivity index (χ1v) is 12.4. The summed E-state index contributed by atoms with van der Waals surface area (Å²) >= 11 is 0. The van der Waals surface area contributed by atoms with Gasteiger partial charge >= 0.3 is 0 Å². The number of carbonyl (C=O) groups excluding carboxylic acids is 1. The van der Waals surface area contributed by atoms with Gasteiger partial charge in [-0.1, -0.05) is 101 Å². The largest absolute Gasteiger partial charge is 0.512 e. The molecule has 0 fully saturated rings. The molecule has 6 aromatic rings. The number of ketones is 1. The topological polar surface area (TPSA) is 63.1 Å². The van der Waals surface area contributed by atoms with Gasteiger partial charge in [0.15, 0.2) is 5.78 Å². The van der Waals surface area contributed by atoms with Gasteiger partial charge < -0.3 is 10.1 Å². The average Bonchev–Trinajstić information content (AvgIpc) is 2.93. The van der Waals surface area contributed by atoms with E-state index in [4.69, 9.17) is 15.1 Å². The monoisotopic (exact) mass is 688 g/mol. The van der Waals surface area contributed by atoms with Crippen LogP contribution in [0.5, 0.6) is 0 Å². The van der Waals surface area contributed by atoms with E-state index in [2.05, 4.69) is 84.9 Å². The van der Waals surface area contributed by atoms with Gasteiger partial charge in [0.25, 0.3) is 0 Å². The molecule has 1 radical (unpaired) electrons. The van der Waals surface area contributed by atoms with Gasteiger partial charge in [-0.05, 0) is 37.3 Å². The number of hydrogen-bond acceptors (Lipinski definition) is 4. The van der Waals surface area contributed by atoms with Crippen LogP contribution in [0.2, 0.25) is 0 Å². The normalized spacial score (nSPS) is 11.1. The Morgan fingerprint density at radius 3 is 1.97 bits per heavy atom. The number of aromatic nitrogens is 2. The van der Waals surface area contributed by atoms with Crippen LogP contribution in [0, 0.1) is 13.0 Å². The van der Waals surface area contributed by atoms with Crippen LogP contribution < -0.4 is 0 Å². The van der Waals surface area contributed by atoms with Crippen molar-refractivity contribution in [3.8, 4) is 22.3 Å². The second-order valence-electron chi connectivity index (χ2n) is 9.27. The van der Waals surface area contributed by atoms with Crippen molar-refractivity contribution in [3.05, 3.63) is 121 Å². The van der Waals surface area contributed by atoms with E-state index in [1.165, 1.54) is 42.0 Å². The summed E-state index contributed by atoms with van der Waals surface area (Å²) in [5.74, 6) is -0.0625. The number of allylic oxidation sites excluding steroid dienone is 2. The van der Waals surface area contributed by atoms with Crippen LogP contribution in [0.4, 0.5) is 0 Å². The maximum absolute atomic E-state index is 10.0. The number of aliphatic hydroxyl groups is 1. The number of rotatable bonds is 3. The summed E-state index contributed by atoms with van der Waals surface area (Å²) in [6.07, 6.45) is 3.00. The smallest absolute Gasteiger partial charge is 0.155 e. The predicted octanol–water partition coefficient (Wildman–Crippen LogP) is 8.41. The second-order valence-corrected chi connectivity index (χ2v) is 9.27. The number of hydrogen-bond donors (Lipinski definition) is 1. The van der Waals surface area contributed by atoms with Crippen molar-refractivity contribution in [2.45, 2.75) is 20.8 Å². The Bertz CT molecular complexity index is 1810. The van der Waals surface area contributed by atoms with Gasteiger partial charge in [0.1, 0.15) is 0 Å². The zero-order chi connectivity index (χ0) is 26.6. The van der Waals surface area contributed by atoms with Crippen LogP contribution in [0.25, 0.3) is 54.8 Å². The van der Waals surface area contributed by atoms with E-state index in [9.17, 15) is 4.79 Å². The van der Waals surface area contributed by atoms with E-state index in [1.54, 1.807) is 0 Å². The molecule has 1 aromatic heterocycles. The molecule has 0 bridgehead atoms. The Morgan fingerprint density at radius 1 is 0.769 bits per heavy atom. The second kappa shape index (κ2) is 12.1. The van der Waals surface area contributed by atoms with Crippen molar-refractivity contribution < 1.29 is 30.0 Å². The third-order valence-electron chi connectivity index (χ3n) is 6.26. The fraction of sp³-hybridized carbons (Fsp3) is 0.0882. The van der Waals surface area contributed by atoms with Gasteiger partial charge in [-0.3, -0.25) is 9.78 Å². The SMILES string of the molecule is CC(=O)C=C(C)O.Cc1cnc2c3[c-]cc(-c4ccccc4)cc3c3cc(-c4ccccc4)ccc3c2n1.[Ir]. The Hall–Kier alpha value is -4.18. The van der Waals surface area contributed by atoms with E-state index in [1.807, 2.05) is 25.3 Å². The Kier molecular flexibility index (Phi) is 8.65. The van der Waals surface area contributed by atoms with Crippen molar-refractivity contribution in [2.24, 2.45) is 0 Å². The molecule has 0 aliphatic rings. The summed E-state index contributed by atoms with van der Waals surface area (Å²) in [6.45, 7) is 4.84. The minimum atomic E-state index is -0.125. The molecule has 1 heterocycles. The first-order chi connectivity index (χ1) is 18.4. The maximum atomic E-state index is 10.0. The quantitative estimate of drug-likeness (QED) is 0.0879. The van der Waals surface area contributed by atoms with Crippen molar-refractivity contribution in [1.82, 2.24) is 9.97 Å². The molecule has 0 saturated heterocycles. The van der Waals surface area contributed by atoms with Gasteiger partial charge in [0.2, 0.25) is 0 Å². The van der Waals surface area contributed by atoms with E-state index in [0.29, 0.717) is 0 Å². The predicted molar refractivity (Wildman–Crippen MR) is 156 cm³/mol. The van der Waals surface area contributed by atoms with Crippen LogP contribution in [0.15, 0.2) is 109 Å². The molecule has 0 aliphatic carbocycles. The summed E-state index contributed by atoms with van der Waals surface area (Å²) in [4.78, 5) is 19.6. The Balaban J connectivity index is 0.000000394. The van der Waals surface area contributed by atoms with E-state index >= 15 is 0 Å². The van der Waals surface area contributed by atoms with E-state index in [-0.39, 0.29) is 31.6 Å². The molecular weight excluding hydrogens is 661 g/mol. The van der Waals surface area contributed by atoms with Crippen LogP contribution >= 0.6 is 0 Å². The van der Waals surface area contributed by atoms with Crippen molar-refractivity contribution in [1.29, 1.82) is 0 Å². The molecule has 0 spiro atoms. The summed E-state index contributed by atoms with van der Waals surface area (Å²) < 4.78 is 0. The van der Waals surface area contributed by atoms with Gasteiger partial charge in [0.05, 0.1) is 17.0 Å². The molecule has 1 N–H and O–H groups in total. The fourth-order valence-electron chi connectivity index (χ4n) is 4.63. The van der Waals surface area contributed by atoms with Crippen molar-refractivity contribution >= 4 is 38.4 Å². The zero-order valence-electron chi connectivity index (χ0n) is 21.9. The molecule has 0 saturated carbocycles. The molecule has 5 aromatic carbocycles. The number of benzene rings is 5. The summed E-state index contributed by atoms with van der Waals surface area (Å²) in [7, 11) is 0. The number of fused-ring (bicyclic) bond motifs is 6. The van der Waals surface area contributed by atoms with Crippen LogP contribution in [0.1, 0.15) is 19.5 Å². The molecule has 5 heteroatoms. The molecule has 0 aliphatic heterocycles. The Labute approximate surface area is 241 Å². The maximum Gasteiger partial charge on any atom is 0.155 e. The molecule has 39 heavy (non-hydrogen) atoms. The standard InChI is InChI=1S/C29H19N2.C5H8O2.Ir/c1-19-18-30-28-24-14-12-22(20-8-4-2-5-9-20)16-26(24)27-17-23(21-10-6-3-7-11-21)13-15-25(27)29(28)31-19;1-4(6)3-5(2)7;/h2-13,15-18H,1H3;3,6H,1-2H3;/q-1;;. The molecule has 4 nitrogen and oxygen atoms in total. The van der Waals surface area contributed by atoms with Gasteiger partial charge in [-0.15, -0.1) is 23.6 Å². The zero-order valence-corrected chi connectivity index (χ0v) is 24.3. The first kappa shape index (κ1) is 27.8. The number of carbonyl (C=O) groups is 1. The molecule has 0 atom stereocenters. The summed E-state index contributed by atoms with van der Waals surface area (Å²) in [5.41, 5.74) is 7.49. The molecule has 6 rings (SSSR count). The third kappa shape index (κ3) is 6.12. The van der Waals surface area contributed by atoms with Gasteiger partial charge in [-0.2, -0.15) is 0 Å². The van der Waals surface area contributed by atoms with Crippen molar-refractivity contribution in [3.63, 3.8) is 0 Å². The molecular formula is C34H27IrN2O2-. The van der Waals surface area contributed by atoms with Crippen LogP contribution in [-0.4, -0.2) is 20.9 Å².